The highest BCUT2D eigenvalue weighted by Gasteiger charge is 2.14. The van der Waals surface area contributed by atoms with Crippen molar-refractivity contribution in [3.8, 4) is 5.69 Å². The topological polar surface area (TPSA) is 115 Å². The molecule has 0 saturated heterocycles. The summed E-state index contributed by atoms with van der Waals surface area (Å²) in [6, 6.07) is 13.8. The molecule has 3 N–H and O–H groups in total. The number of nitrogen functional groups attached to an aromatic ring is 1. The molecule has 0 radical (unpaired) electrons. The molecule has 5 rings (SSSR count). The number of hydrogen-bond donors (Lipinski definition) is 2. The third kappa shape index (κ3) is 3.97. The summed E-state index contributed by atoms with van der Waals surface area (Å²) in [5.41, 5.74) is 7.55. The van der Waals surface area contributed by atoms with Gasteiger partial charge in [-0.05, 0) is 30.7 Å². The molecule has 0 bridgehead atoms. The van der Waals surface area contributed by atoms with Crippen LogP contribution in [-0.2, 0) is 6.42 Å². The molecule has 31 heavy (non-hydrogen) atoms. The minimum Gasteiger partial charge on any atom is -0.382 e. The van der Waals surface area contributed by atoms with Gasteiger partial charge < -0.3 is 10.7 Å². The van der Waals surface area contributed by atoms with E-state index in [1.165, 1.54) is 23.3 Å². The van der Waals surface area contributed by atoms with Gasteiger partial charge in [0.05, 0.1) is 17.5 Å². The van der Waals surface area contributed by atoms with Gasteiger partial charge in [0, 0.05) is 6.42 Å². The van der Waals surface area contributed by atoms with Gasteiger partial charge in [-0.3, -0.25) is 9.36 Å². The van der Waals surface area contributed by atoms with E-state index in [0.29, 0.717) is 40.4 Å². The molecule has 0 aliphatic heterocycles. The lowest BCUT2D eigenvalue weighted by atomic mass is 10.2. The zero-order chi connectivity index (χ0) is 21.8. The number of nitrogens with two attached hydrogens (primary N) is 1. The van der Waals surface area contributed by atoms with E-state index in [4.69, 9.17) is 5.73 Å². The number of imidazole rings is 1. The maximum Gasteiger partial charge on any atom is 0.268 e. The van der Waals surface area contributed by atoms with Gasteiger partial charge >= 0.3 is 0 Å². The van der Waals surface area contributed by atoms with E-state index in [-0.39, 0.29) is 10.9 Å². The summed E-state index contributed by atoms with van der Waals surface area (Å²) >= 11 is 0. The average molecular weight is 417 g/mol. The number of aromatic nitrogens is 6. The van der Waals surface area contributed by atoms with E-state index in [1.54, 1.807) is 12.1 Å². The largest absolute Gasteiger partial charge is 0.382 e. The summed E-state index contributed by atoms with van der Waals surface area (Å²) in [5, 5.41) is 0.0428. The van der Waals surface area contributed by atoms with Crippen LogP contribution in [0.5, 0.6) is 0 Å². The smallest absolute Gasteiger partial charge is 0.268 e. The Kier molecular flexibility index (Phi) is 5.65. The number of anilines is 1. The van der Waals surface area contributed by atoms with Crippen LogP contribution in [0.15, 0.2) is 66.0 Å². The van der Waals surface area contributed by atoms with E-state index >= 15 is 0 Å². The second-order valence-corrected chi connectivity index (χ2v) is 6.75. The number of H-pyrrole nitrogens is 1. The number of aromatic amines is 1. The second-order valence-electron chi connectivity index (χ2n) is 6.75. The molecule has 0 aliphatic carbocycles. The van der Waals surface area contributed by atoms with E-state index in [2.05, 4.69) is 24.9 Å². The van der Waals surface area contributed by atoms with Gasteiger partial charge in [-0.25, -0.2) is 24.3 Å². The van der Waals surface area contributed by atoms with Gasteiger partial charge in [0.2, 0.25) is 0 Å². The van der Waals surface area contributed by atoms with Crippen LogP contribution >= 0.6 is 0 Å². The summed E-state index contributed by atoms with van der Waals surface area (Å²) in [6.45, 7) is 2.03. The summed E-state index contributed by atoms with van der Waals surface area (Å²) in [5.74, 6) is 0.562. The van der Waals surface area contributed by atoms with Gasteiger partial charge in [-0.2, -0.15) is 0 Å². The first-order valence-electron chi connectivity index (χ1n) is 9.75. The Morgan fingerprint density at radius 3 is 2.61 bits per heavy atom. The van der Waals surface area contributed by atoms with Crippen molar-refractivity contribution < 1.29 is 4.39 Å². The predicted octanol–water partition coefficient (Wildman–Crippen LogP) is 3.41. The normalized spacial score (nSPS) is 10.8. The van der Waals surface area contributed by atoms with Crippen molar-refractivity contribution >= 4 is 27.9 Å². The molecule has 2 aromatic carbocycles. The minimum atomic E-state index is -0.530. The van der Waals surface area contributed by atoms with Crippen LogP contribution in [0.25, 0.3) is 27.8 Å². The highest BCUT2D eigenvalue weighted by atomic mass is 19.1. The molecule has 8 nitrogen and oxygen atoms in total. The lowest BCUT2D eigenvalue weighted by Crippen LogP contribution is -2.24. The highest BCUT2D eigenvalue weighted by Crippen LogP contribution is 2.16. The maximum absolute atomic E-state index is 14.0. The molecule has 156 valence electrons. The molecule has 3 heterocycles. The second kappa shape index (κ2) is 8.70. The summed E-state index contributed by atoms with van der Waals surface area (Å²) < 4.78 is 15.5. The molecular weight excluding hydrogens is 397 g/mol. The van der Waals surface area contributed by atoms with Crippen LogP contribution in [0, 0.1) is 5.82 Å². The molecule has 9 heteroatoms. The SMILES string of the molecule is CCCc1nc2cccc(F)c2c(=O)n1-c1ccccc1.Nc1ncnc2nc[nH]c12. The molecule has 0 amide bonds. The number of halogens is 1. The Morgan fingerprint density at radius 2 is 1.87 bits per heavy atom. The lowest BCUT2D eigenvalue weighted by Gasteiger charge is -2.13. The Labute approximate surface area is 176 Å². The summed E-state index contributed by atoms with van der Waals surface area (Å²) in [7, 11) is 0. The molecule has 0 atom stereocenters. The number of hydrogen-bond acceptors (Lipinski definition) is 6. The maximum atomic E-state index is 14.0. The Bertz CT molecular complexity index is 1400. The molecular formula is C22H20FN7O. The Hall–Kier alpha value is -4.14. The first-order chi connectivity index (χ1) is 15.1. The van der Waals surface area contributed by atoms with E-state index < -0.39 is 5.82 Å². The molecule has 3 aromatic heterocycles. The van der Waals surface area contributed by atoms with Crippen molar-refractivity contribution in [3.05, 3.63) is 83.2 Å². The van der Waals surface area contributed by atoms with E-state index in [9.17, 15) is 9.18 Å². The van der Waals surface area contributed by atoms with Gasteiger partial charge in [0.25, 0.3) is 5.56 Å². The van der Waals surface area contributed by atoms with Crippen LogP contribution in [0.2, 0.25) is 0 Å². The fourth-order valence-electron chi connectivity index (χ4n) is 3.25. The number of benzene rings is 2. The minimum absolute atomic E-state index is 0.0428. The van der Waals surface area contributed by atoms with Crippen LogP contribution in [0.4, 0.5) is 10.2 Å². The first kappa shape index (κ1) is 20.1. The third-order valence-corrected chi connectivity index (χ3v) is 4.66. The molecule has 0 aliphatic rings. The average Bonchev–Trinajstić information content (AvgIpc) is 3.26. The molecule has 0 fully saturated rings. The Morgan fingerprint density at radius 1 is 1.06 bits per heavy atom. The molecule has 0 spiro atoms. The van der Waals surface area contributed by atoms with Crippen molar-refractivity contribution in [1.82, 2.24) is 29.5 Å². The number of fused-ring (bicyclic) bond motifs is 2. The number of rotatable bonds is 3. The molecule has 0 unspecified atom stereocenters. The fraction of sp³-hybridized carbons (Fsp3) is 0.136. The number of nitrogens with one attached hydrogen (secondary N) is 1. The highest BCUT2D eigenvalue weighted by molar-refractivity contribution is 5.80. The first-order valence-corrected chi connectivity index (χ1v) is 9.75. The van der Waals surface area contributed by atoms with Crippen molar-refractivity contribution in [2.75, 3.05) is 5.73 Å². The zero-order valence-electron chi connectivity index (χ0n) is 16.8. The van der Waals surface area contributed by atoms with Crippen LogP contribution in [0.3, 0.4) is 0 Å². The van der Waals surface area contributed by atoms with E-state index in [0.717, 1.165) is 6.42 Å². The predicted molar refractivity (Wildman–Crippen MR) is 117 cm³/mol. The lowest BCUT2D eigenvalue weighted by molar-refractivity contribution is 0.636. The van der Waals surface area contributed by atoms with Crippen molar-refractivity contribution in [1.29, 1.82) is 0 Å². The van der Waals surface area contributed by atoms with Gasteiger partial charge in [0.1, 0.15) is 28.9 Å². The molecule has 5 aromatic rings. The quantitative estimate of drug-likeness (QED) is 0.465. The van der Waals surface area contributed by atoms with Gasteiger partial charge in [0.15, 0.2) is 11.5 Å². The van der Waals surface area contributed by atoms with Crippen LogP contribution < -0.4 is 11.3 Å². The summed E-state index contributed by atoms with van der Waals surface area (Å²) in [4.78, 5) is 31.6. The zero-order valence-corrected chi connectivity index (χ0v) is 16.8. The van der Waals surface area contributed by atoms with Crippen molar-refractivity contribution in [3.63, 3.8) is 0 Å². The van der Waals surface area contributed by atoms with Crippen LogP contribution in [-0.4, -0.2) is 29.5 Å². The monoisotopic (exact) mass is 417 g/mol. The van der Waals surface area contributed by atoms with Crippen molar-refractivity contribution in [2.45, 2.75) is 19.8 Å². The standard InChI is InChI=1S/C17H15FN2O.C5H5N5/c1-2-7-15-19-14-11-6-10-13(18)16(14)17(21)20(15)12-8-4-3-5-9-12;6-4-3-5(9-1-7-3)10-2-8-4/h3-6,8-11H,2,7H2,1H3;1-2H,(H3,6,7,8,9,10). The third-order valence-electron chi connectivity index (χ3n) is 4.66. The van der Waals surface area contributed by atoms with E-state index in [1.807, 2.05) is 37.3 Å². The van der Waals surface area contributed by atoms with Gasteiger partial charge in [-0.1, -0.05) is 31.2 Å². The summed E-state index contributed by atoms with van der Waals surface area (Å²) in [6.07, 6.45) is 4.45. The Balaban J connectivity index is 0.000000192. The fourth-order valence-corrected chi connectivity index (χ4v) is 3.25. The number of para-hydroxylation sites is 1. The van der Waals surface area contributed by atoms with Crippen LogP contribution in [0.1, 0.15) is 19.2 Å². The number of aryl methyl sites for hydroxylation is 1. The van der Waals surface area contributed by atoms with Gasteiger partial charge in [-0.15, -0.1) is 0 Å². The molecule has 0 saturated carbocycles. The number of nitrogens with zero attached hydrogens (tertiary/aromatic N) is 5. The van der Waals surface area contributed by atoms with Crippen molar-refractivity contribution in [2.24, 2.45) is 0 Å².